The second-order valence-corrected chi connectivity index (χ2v) is 3.99. The van der Waals surface area contributed by atoms with Crippen molar-refractivity contribution in [2.45, 2.75) is 6.92 Å². The van der Waals surface area contributed by atoms with E-state index in [2.05, 4.69) is 20.7 Å². The molecule has 0 aliphatic rings. The number of hydrogen-bond acceptors (Lipinski definition) is 3. The minimum Gasteiger partial charge on any atom is -0.465 e. The third-order valence-electron chi connectivity index (χ3n) is 1.91. The van der Waals surface area contributed by atoms with E-state index in [0.29, 0.717) is 26.3 Å². The van der Waals surface area contributed by atoms with Crippen molar-refractivity contribution in [3.8, 4) is 0 Å². The third-order valence-corrected chi connectivity index (χ3v) is 3.16. The molecule has 0 aliphatic heterocycles. The van der Waals surface area contributed by atoms with Gasteiger partial charge in [0.15, 0.2) is 0 Å². The van der Waals surface area contributed by atoms with Gasteiger partial charge in [-0.05, 0) is 34.5 Å². The molecule has 2 N–H and O–H groups in total. The second-order valence-electron chi connectivity index (χ2n) is 2.75. The molecule has 1 aromatic carbocycles. The van der Waals surface area contributed by atoms with Gasteiger partial charge in [-0.3, -0.25) is 0 Å². The molecule has 0 heterocycles. The van der Waals surface area contributed by atoms with Crippen molar-refractivity contribution < 1.29 is 9.53 Å². The SMILES string of the molecule is COC(=O)c1c(C)c(N)cc(Br)c1Cl. The molecule has 0 fully saturated rings. The molecule has 0 bridgehead atoms. The van der Waals surface area contributed by atoms with Crippen LogP contribution in [0.1, 0.15) is 15.9 Å². The van der Waals surface area contributed by atoms with Gasteiger partial charge in [-0.2, -0.15) is 0 Å². The Kier molecular flexibility index (Phi) is 3.39. The molecular weight excluding hydrogens is 269 g/mol. The van der Waals surface area contributed by atoms with Crippen LogP contribution in [-0.2, 0) is 4.74 Å². The molecule has 0 aliphatic carbocycles. The summed E-state index contributed by atoms with van der Waals surface area (Å²) in [6.07, 6.45) is 0. The smallest absolute Gasteiger partial charge is 0.339 e. The highest BCUT2D eigenvalue weighted by Crippen LogP contribution is 2.32. The standard InChI is InChI=1S/C9H9BrClNO2/c1-4-6(12)3-5(10)8(11)7(4)9(13)14-2/h3H,12H2,1-2H3. The van der Waals surface area contributed by atoms with Gasteiger partial charge in [-0.25, -0.2) is 4.79 Å². The Hall–Kier alpha value is -0.740. The number of nitrogen functional groups attached to an aromatic ring is 1. The van der Waals surface area contributed by atoms with Crippen molar-refractivity contribution in [3.63, 3.8) is 0 Å². The van der Waals surface area contributed by atoms with E-state index in [1.165, 1.54) is 7.11 Å². The van der Waals surface area contributed by atoms with E-state index in [9.17, 15) is 4.79 Å². The summed E-state index contributed by atoms with van der Waals surface area (Å²) >= 11 is 9.15. The highest BCUT2D eigenvalue weighted by atomic mass is 79.9. The normalized spacial score (nSPS) is 10.0. The zero-order valence-corrected chi connectivity index (χ0v) is 10.1. The molecule has 0 radical (unpaired) electrons. The summed E-state index contributed by atoms with van der Waals surface area (Å²) < 4.78 is 5.19. The maximum absolute atomic E-state index is 11.4. The van der Waals surface area contributed by atoms with Crippen molar-refractivity contribution in [2.24, 2.45) is 0 Å². The van der Waals surface area contributed by atoms with Gasteiger partial charge in [0.25, 0.3) is 0 Å². The fourth-order valence-corrected chi connectivity index (χ4v) is 1.80. The first-order chi connectivity index (χ1) is 6.49. The minimum absolute atomic E-state index is 0.307. The number of halogens is 2. The predicted molar refractivity (Wildman–Crippen MR) is 59.6 cm³/mol. The summed E-state index contributed by atoms with van der Waals surface area (Å²) in [4.78, 5) is 11.4. The van der Waals surface area contributed by atoms with E-state index in [1.54, 1.807) is 13.0 Å². The van der Waals surface area contributed by atoms with Crippen molar-refractivity contribution in [1.82, 2.24) is 0 Å². The molecule has 5 heteroatoms. The largest absolute Gasteiger partial charge is 0.465 e. The second kappa shape index (κ2) is 4.19. The molecule has 0 spiro atoms. The van der Waals surface area contributed by atoms with Crippen LogP contribution in [0, 0.1) is 6.92 Å². The van der Waals surface area contributed by atoms with Crippen LogP contribution in [0.15, 0.2) is 10.5 Å². The number of anilines is 1. The van der Waals surface area contributed by atoms with Gasteiger partial charge < -0.3 is 10.5 Å². The zero-order chi connectivity index (χ0) is 10.9. The van der Waals surface area contributed by atoms with Gasteiger partial charge in [0.05, 0.1) is 17.7 Å². The molecular formula is C9H9BrClNO2. The zero-order valence-electron chi connectivity index (χ0n) is 7.73. The van der Waals surface area contributed by atoms with Gasteiger partial charge in [0.2, 0.25) is 0 Å². The molecule has 0 atom stereocenters. The van der Waals surface area contributed by atoms with Crippen molar-refractivity contribution >= 4 is 39.2 Å². The number of ether oxygens (including phenoxy) is 1. The summed E-state index contributed by atoms with van der Waals surface area (Å²) in [6, 6.07) is 1.66. The van der Waals surface area contributed by atoms with E-state index in [1.807, 2.05) is 0 Å². The molecule has 0 amide bonds. The lowest BCUT2D eigenvalue weighted by atomic mass is 10.1. The number of benzene rings is 1. The summed E-state index contributed by atoms with van der Waals surface area (Å²) in [5, 5.41) is 0.323. The summed E-state index contributed by atoms with van der Waals surface area (Å²) in [7, 11) is 1.30. The monoisotopic (exact) mass is 277 g/mol. The fourth-order valence-electron chi connectivity index (χ4n) is 1.08. The molecule has 0 unspecified atom stereocenters. The van der Waals surface area contributed by atoms with Crippen LogP contribution in [0.5, 0.6) is 0 Å². The van der Waals surface area contributed by atoms with Crippen LogP contribution >= 0.6 is 27.5 Å². The van der Waals surface area contributed by atoms with Crippen LogP contribution < -0.4 is 5.73 Å². The summed E-state index contributed by atoms with van der Waals surface area (Å²) in [5.41, 5.74) is 7.12. The predicted octanol–water partition coefficient (Wildman–Crippen LogP) is 2.78. The first kappa shape index (κ1) is 11.3. The summed E-state index contributed by atoms with van der Waals surface area (Å²) in [5.74, 6) is -0.486. The Morgan fingerprint density at radius 3 is 2.71 bits per heavy atom. The van der Waals surface area contributed by atoms with Crippen molar-refractivity contribution in [2.75, 3.05) is 12.8 Å². The molecule has 14 heavy (non-hydrogen) atoms. The number of esters is 1. The highest BCUT2D eigenvalue weighted by Gasteiger charge is 2.18. The Morgan fingerprint density at radius 2 is 2.21 bits per heavy atom. The topological polar surface area (TPSA) is 52.3 Å². The van der Waals surface area contributed by atoms with Gasteiger partial charge in [0.1, 0.15) is 0 Å². The molecule has 76 valence electrons. The van der Waals surface area contributed by atoms with Gasteiger partial charge in [-0.1, -0.05) is 11.6 Å². The fraction of sp³-hybridized carbons (Fsp3) is 0.222. The van der Waals surface area contributed by atoms with E-state index in [-0.39, 0.29) is 0 Å². The summed E-state index contributed by atoms with van der Waals surface area (Å²) in [6.45, 7) is 1.72. The molecule has 1 aromatic rings. The number of carbonyl (C=O) groups excluding carboxylic acids is 1. The van der Waals surface area contributed by atoms with E-state index < -0.39 is 5.97 Å². The van der Waals surface area contributed by atoms with Gasteiger partial charge in [0, 0.05) is 10.2 Å². The number of methoxy groups -OCH3 is 1. The lowest BCUT2D eigenvalue weighted by Gasteiger charge is -2.10. The number of carbonyl (C=O) groups is 1. The first-order valence-electron chi connectivity index (χ1n) is 3.81. The molecule has 0 aromatic heterocycles. The van der Waals surface area contributed by atoms with Gasteiger partial charge >= 0.3 is 5.97 Å². The van der Waals surface area contributed by atoms with E-state index >= 15 is 0 Å². The van der Waals surface area contributed by atoms with Gasteiger partial charge in [-0.15, -0.1) is 0 Å². The number of nitrogens with two attached hydrogens (primary N) is 1. The average molecular weight is 279 g/mol. The lowest BCUT2D eigenvalue weighted by Crippen LogP contribution is -2.07. The highest BCUT2D eigenvalue weighted by molar-refractivity contribution is 9.10. The van der Waals surface area contributed by atoms with Crippen molar-refractivity contribution in [1.29, 1.82) is 0 Å². The van der Waals surface area contributed by atoms with E-state index in [0.717, 1.165) is 0 Å². The maximum Gasteiger partial charge on any atom is 0.339 e. The Bertz CT molecular complexity index is 367. The Morgan fingerprint density at radius 1 is 1.64 bits per heavy atom. The number of hydrogen-bond donors (Lipinski definition) is 1. The minimum atomic E-state index is -0.486. The first-order valence-corrected chi connectivity index (χ1v) is 4.98. The van der Waals surface area contributed by atoms with Crippen LogP contribution in [0.25, 0.3) is 0 Å². The van der Waals surface area contributed by atoms with E-state index in [4.69, 9.17) is 17.3 Å². The van der Waals surface area contributed by atoms with Crippen LogP contribution in [0.4, 0.5) is 5.69 Å². The Balaban J connectivity index is 3.47. The van der Waals surface area contributed by atoms with Crippen LogP contribution in [0.2, 0.25) is 5.02 Å². The average Bonchev–Trinajstić information content (AvgIpc) is 2.15. The van der Waals surface area contributed by atoms with Crippen molar-refractivity contribution in [3.05, 3.63) is 26.7 Å². The Labute approximate surface area is 95.3 Å². The maximum atomic E-state index is 11.4. The van der Waals surface area contributed by atoms with Crippen LogP contribution in [-0.4, -0.2) is 13.1 Å². The third kappa shape index (κ3) is 1.86. The van der Waals surface area contributed by atoms with Crippen LogP contribution in [0.3, 0.4) is 0 Å². The molecule has 1 rings (SSSR count). The number of rotatable bonds is 1. The molecule has 0 saturated carbocycles. The molecule has 3 nitrogen and oxygen atoms in total. The quantitative estimate of drug-likeness (QED) is 0.635. The lowest BCUT2D eigenvalue weighted by molar-refractivity contribution is 0.0600. The molecule has 0 saturated heterocycles.